The Morgan fingerprint density at radius 1 is 0.274 bits per heavy atom. The summed E-state index contributed by atoms with van der Waals surface area (Å²) in [4.78, 5) is 2.46. The molecule has 2 heteroatoms. The van der Waals surface area contributed by atoms with E-state index in [1.165, 1.54) is 71.9 Å². The average molecular weight is 791 g/mol. The number of hydrogen-bond acceptors (Lipinski definition) is 1. The molecule has 0 fully saturated rings. The molecule has 0 N–H and O–H groups in total. The van der Waals surface area contributed by atoms with E-state index in [9.17, 15) is 0 Å². The molecule has 1 aromatic heterocycles. The van der Waals surface area contributed by atoms with E-state index in [1.807, 2.05) is 0 Å². The molecule has 0 saturated carbocycles. The van der Waals surface area contributed by atoms with Gasteiger partial charge in [0.1, 0.15) is 0 Å². The van der Waals surface area contributed by atoms with Crippen LogP contribution in [0.1, 0.15) is 0 Å². The van der Waals surface area contributed by atoms with Crippen LogP contribution in [-0.2, 0) is 0 Å². The molecule has 0 aliphatic heterocycles. The number of hydrogen-bond donors (Lipinski definition) is 0. The zero-order chi connectivity index (χ0) is 41.2. The van der Waals surface area contributed by atoms with Gasteiger partial charge in [-0.05, 0) is 105 Å². The van der Waals surface area contributed by atoms with Crippen molar-refractivity contribution < 1.29 is 0 Å². The first-order chi connectivity index (χ1) is 30.8. The molecule has 292 valence electrons. The molecule has 0 spiro atoms. The predicted molar refractivity (Wildman–Crippen MR) is 263 cm³/mol. The third-order valence-electron chi connectivity index (χ3n) is 12.0. The lowest BCUT2D eigenvalue weighted by Crippen LogP contribution is -2.12. The van der Waals surface area contributed by atoms with Crippen molar-refractivity contribution in [3.63, 3.8) is 0 Å². The van der Waals surface area contributed by atoms with E-state index in [2.05, 4.69) is 264 Å². The van der Waals surface area contributed by atoms with E-state index < -0.39 is 0 Å². The van der Waals surface area contributed by atoms with E-state index in [-0.39, 0.29) is 0 Å². The zero-order valence-corrected chi connectivity index (χ0v) is 34.1. The molecule has 0 radical (unpaired) electrons. The molecule has 0 bridgehead atoms. The summed E-state index contributed by atoms with van der Waals surface area (Å²) in [5.74, 6) is 0. The zero-order valence-electron chi connectivity index (χ0n) is 34.1. The predicted octanol–water partition coefficient (Wildman–Crippen LogP) is 16.6. The molecule has 11 aromatic rings. The second-order valence-corrected chi connectivity index (χ2v) is 15.7. The van der Waals surface area contributed by atoms with Crippen molar-refractivity contribution in [3.8, 4) is 61.3 Å². The first-order valence-electron chi connectivity index (χ1n) is 21.3. The molecule has 0 aliphatic rings. The Morgan fingerprint density at radius 2 is 0.758 bits per heavy atom. The van der Waals surface area contributed by atoms with Crippen molar-refractivity contribution in [2.45, 2.75) is 0 Å². The van der Waals surface area contributed by atoms with Crippen LogP contribution in [0.5, 0.6) is 0 Å². The normalized spacial score (nSPS) is 11.2. The minimum absolute atomic E-state index is 1.07. The van der Waals surface area contributed by atoms with Gasteiger partial charge in [0.2, 0.25) is 0 Å². The molecule has 0 atom stereocenters. The lowest BCUT2D eigenvalue weighted by atomic mass is 9.87. The van der Waals surface area contributed by atoms with Gasteiger partial charge in [0.15, 0.2) is 0 Å². The average Bonchev–Trinajstić information content (AvgIpc) is 3.68. The largest absolute Gasteiger partial charge is 0.310 e. The number of benzene rings is 10. The van der Waals surface area contributed by atoms with Crippen LogP contribution in [0.4, 0.5) is 17.1 Å². The smallest absolute Gasteiger partial charge is 0.0561 e. The first-order valence-corrected chi connectivity index (χ1v) is 21.3. The Labute approximate surface area is 362 Å². The van der Waals surface area contributed by atoms with Gasteiger partial charge in [-0.15, -0.1) is 0 Å². The van der Waals surface area contributed by atoms with Gasteiger partial charge < -0.3 is 9.47 Å². The summed E-state index contributed by atoms with van der Waals surface area (Å²) in [6.07, 6.45) is 0. The highest BCUT2D eigenvalue weighted by molar-refractivity contribution is 6.12. The minimum atomic E-state index is 1.07. The highest BCUT2D eigenvalue weighted by atomic mass is 15.1. The summed E-state index contributed by atoms with van der Waals surface area (Å²) in [5.41, 5.74) is 18.5. The summed E-state index contributed by atoms with van der Waals surface area (Å²) in [5, 5.41) is 2.43. The maximum absolute atomic E-state index is 2.46. The molecule has 0 aliphatic carbocycles. The van der Waals surface area contributed by atoms with Crippen LogP contribution in [0.2, 0.25) is 0 Å². The lowest BCUT2D eigenvalue weighted by Gasteiger charge is -2.30. The highest BCUT2D eigenvalue weighted by Gasteiger charge is 2.24. The van der Waals surface area contributed by atoms with Crippen molar-refractivity contribution in [2.75, 3.05) is 4.90 Å². The second-order valence-electron chi connectivity index (χ2n) is 15.7. The summed E-state index contributed by atoms with van der Waals surface area (Å²) >= 11 is 0. The lowest BCUT2D eigenvalue weighted by molar-refractivity contribution is 1.18. The molecule has 0 unspecified atom stereocenters. The van der Waals surface area contributed by atoms with E-state index in [0.29, 0.717) is 0 Å². The molecule has 10 aromatic carbocycles. The van der Waals surface area contributed by atoms with Crippen LogP contribution in [-0.4, -0.2) is 4.57 Å². The Bertz CT molecular complexity index is 3300. The van der Waals surface area contributed by atoms with Crippen LogP contribution in [0.15, 0.2) is 255 Å². The summed E-state index contributed by atoms with van der Waals surface area (Å²) in [6, 6.07) is 92.2. The van der Waals surface area contributed by atoms with Crippen molar-refractivity contribution in [3.05, 3.63) is 255 Å². The van der Waals surface area contributed by atoms with Gasteiger partial charge in [0.05, 0.1) is 16.7 Å². The van der Waals surface area contributed by atoms with Gasteiger partial charge in [0.25, 0.3) is 0 Å². The fourth-order valence-corrected chi connectivity index (χ4v) is 9.11. The standard InChI is InChI=1S/C60H42N2/c1-6-19-43(20-7-1)45-33-36-50(37-34-45)61(58-32-18-31-53(47-25-12-4-13-26-47)60(58)55-30-17-16-29-52(55)46-23-10-3-11-24-46)51-38-39-54-56-41-48(44-21-8-2-9-22-44)35-40-57(56)62(59(54)42-51)49-27-14-5-15-28-49/h1-42H. The molecule has 62 heavy (non-hydrogen) atoms. The van der Waals surface area contributed by atoms with Crippen LogP contribution >= 0.6 is 0 Å². The molecular formula is C60H42N2. The summed E-state index contributed by atoms with van der Waals surface area (Å²) < 4.78 is 2.42. The SMILES string of the molecule is c1ccc(-c2ccc(N(c3ccc4c5cc(-c6ccccc6)ccc5n(-c5ccccc5)c4c3)c3cccc(-c4ccccc4)c3-c3ccccc3-c3ccccc3)cc2)cc1. The number of rotatable bonds is 9. The van der Waals surface area contributed by atoms with Crippen LogP contribution in [0, 0.1) is 0 Å². The van der Waals surface area contributed by atoms with Gasteiger partial charge in [0, 0.05) is 33.4 Å². The second kappa shape index (κ2) is 16.1. The molecule has 11 rings (SSSR count). The van der Waals surface area contributed by atoms with Crippen molar-refractivity contribution >= 4 is 38.9 Å². The Hall–Kier alpha value is -8.20. The fourth-order valence-electron chi connectivity index (χ4n) is 9.11. The van der Waals surface area contributed by atoms with Crippen LogP contribution in [0.3, 0.4) is 0 Å². The van der Waals surface area contributed by atoms with E-state index >= 15 is 0 Å². The molecular weight excluding hydrogens is 749 g/mol. The number of nitrogens with zero attached hydrogens (tertiary/aromatic N) is 2. The maximum Gasteiger partial charge on any atom is 0.0561 e. The maximum atomic E-state index is 2.46. The fraction of sp³-hybridized carbons (Fsp3) is 0. The number of aromatic nitrogens is 1. The Morgan fingerprint density at radius 3 is 1.40 bits per heavy atom. The van der Waals surface area contributed by atoms with Crippen LogP contribution < -0.4 is 4.90 Å². The minimum Gasteiger partial charge on any atom is -0.310 e. The first kappa shape index (κ1) is 36.8. The number of anilines is 3. The number of para-hydroxylation sites is 1. The topological polar surface area (TPSA) is 8.17 Å². The van der Waals surface area contributed by atoms with Crippen molar-refractivity contribution in [1.82, 2.24) is 4.57 Å². The third kappa shape index (κ3) is 6.74. The molecule has 2 nitrogen and oxygen atoms in total. The van der Waals surface area contributed by atoms with Gasteiger partial charge in [-0.25, -0.2) is 0 Å². The van der Waals surface area contributed by atoms with Gasteiger partial charge in [-0.2, -0.15) is 0 Å². The van der Waals surface area contributed by atoms with Crippen molar-refractivity contribution in [1.29, 1.82) is 0 Å². The van der Waals surface area contributed by atoms with E-state index in [4.69, 9.17) is 0 Å². The quantitative estimate of drug-likeness (QED) is 0.141. The van der Waals surface area contributed by atoms with Gasteiger partial charge in [-0.1, -0.05) is 200 Å². The van der Waals surface area contributed by atoms with E-state index in [0.717, 1.165) is 28.3 Å². The van der Waals surface area contributed by atoms with Gasteiger partial charge in [-0.3, -0.25) is 0 Å². The van der Waals surface area contributed by atoms with E-state index in [1.54, 1.807) is 0 Å². The number of fused-ring (bicyclic) bond motifs is 3. The highest BCUT2D eigenvalue weighted by Crippen LogP contribution is 2.49. The summed E-state index contributed by atoms with van der Waals surface area (Å²) in [7, 11) is 0. The summed E-state index contributed by atoms with van der Waals surface area (Å²) in [6.45, 7) is 0. The van der Waals surface area contributed by atoms with Gasteiger partial charge >= 0.3 is 0 Å². The van der Waals surface area contributed by atoms with Crippen molar-refractivity contribution in [2.24, 2.45) is 0 Å². The van der Waals surface area contributed by atoms with Crippen LogP contribution in [0.25, 0.3) is 83.1 Å². The molecule has 0 saturated heterocycles. The third-order valence-corrected chi connectivity index (χ3v) is 12.0. The monoisotopic (exact) mass is 790 g/mol. The molecule has 0 amide bonds. The Balaban J connectivity index is 1.20. The molecule has 1 heterocycles. The Kier molecular flexibility index (Phi) is 9.57.